The van der Waals surface area contributed by atoms with Crippen LogP contribution in [0.4, 0.5) is 5.69 Å². The third-order valence-electron chi connectivity index (χ3n) is 3.02. The van der Waals surface area contributed by atoms with Gasteiger partial charge in [0.25, 0.3) is 5.91 Å². The molecule has 5 heteroatoms. The zero-order chi connectivity index (χ0) is 15.2. The average Bonchev–Trinajstić information content (AvgIpc) is 2.48. The Morgan fingerprint density at radius 2 is 1.67 bits per heavy atom. The molecule has 0 saturated heterocycles. The fourth-order valence-corrected chi connectivity index (χ4v) is 1.92. The summed E-state index contributed by atoms with van der Waals surface area (Å²) in [7, 11) is 0. The Hall–Kier alpha value is -2.69. The summed E-state index contributed by atoms with van der Waals surface area (Å²) in [5.41, 5.74) is 2.21. The SMILES string of the molecule is CC(=O)Nc1ccc(C(=O)NC(C)c2ccncc2)cc1. The quantitative estimate of drug-likeness (QED) is 0.905. The summed E-state index contributed by atoms with van der Waals surface area (Å²) < 4.78 is 0. The molecule has 0 aliphatic heterocycles. The number of benzene rings is 1. The second-order valence-electron chi connectivity index (χ2n) is 4.73. The lowest BCUT2D eigenvalue weighted by Gasteiger charge is -2.14. The summed E-state index contributed by atoms with van der Waals surface area (Å²) in [6, 6.07) is 10.4. The van der Waals surface area contributed by atoms with Gasteiger partial charge in [0, 0.05) is 30.6 Å². The highest BCUT2D eigenvalue weighted by atomic mass is 16.2. The smallest absolute Gasteiger partial charge is 0.251 e. The van der Waals surface area contributed by atoms with Gasteiger partial charge < -0.3 is 10.6 Å². The van der Waals surface area contributed by atoms with Gasteiger partial charge in [0.2, 0.25) is 5.91 Å². The molecule has 0 aliphatic rings. The van der Waals surface area contributed by atoms with Crippen LogP contribution in [-0.2, 0) is 4.79 Å². The highest BCUT2D eigenvalue weighted by Gasteiger charge is 2.11. The van der Waals surface area contributed by atoms with Gasteiger partial charge in [-0.1, -0.05) is 0 Å². The van der Waals surface area contributed by atoms with Crippen molar-refractivity contribution < 1.29 is 9.59 Å². The van der Waals surface area contributed by atoms with Gasteiger partial charge in [0.1, 0.15) is 0 Å². The minimum atomic E-state index is -0.159. The molecule has 2 aromatic rings. The molecule has 2 rings (SSSR count). The fraction of sp³-hybridized carbons (Fsp3) is 0.188. The summed E-state index contributed by atoms with van der Waals surface area (Å²) in [5.74, 6) is -0.299. The Labute approximate surface area is 123 Å². The van der Waals surface area contributed by atoms with E-state index in [-0.39, 0.29) is 17.9 Å². The molecule has 1 atom stereocenters. The number of pyridine rings is 1. The van der Waals surface area contributed by atoms with Crippen molar-refractivity contribution in [3.8, 4) is 0 Å². The Balaban J connectivity index is 2.01. The molecular weight excluding hydrogens is 266 g/mol. The topological polar surface area (TPSA) is 71.1 Å². The minimum absolute atomic E-state index is 0.101. The minimum Gasteiger partial charge on any atom is -0.346 e. The molecule has 1 unspecified atom stereocenters. The van der Waals surface area contributed by atoms with Crippen LogP contribution in [0.5, 0.6) is 0 Å². The van der Waals surface area contributed by atoms with E-state index in [0.29, 0.717) is 11.3 Å². The lowest BCUT2D eigenvalue weighted by molar-refractivity contribution is -0.114. The molecule has 5 nitrogen and oxygen atoms in total. The number of anilines is 1. The number of hydrogen-bond donors (Lipinski definition) is 2. The zero-order valence-corrected chi connectivity index (χ0v) is 12.0. The standard InChI is InChI=1S/C16H17N3O2/c1-11(13-7-9-17-10-8-13)18-16(21)14-3-5-15(6-4-14)19-12(2)20/h3-11H,1-2H3,(H,18,21)(H,19,20). The van der Waals surface area contributed by atoms with Gasteiger partial charge in [-0.05, 0) is 48.9 Å². The molecule has 0 fully saturated rings. The van der Waals surface area contributed by atoms with Crippen LogP contribution in [-0.4, -0.2) is 16.8 Å². The molecule has 1 aromatic carbocycles. The van der Waals surface area contributed by atoms with Crippen LogP contribution < -0.4 is 10.6 Å². The van der Waals surface area contributed by atoms with Crippen LogP contribution in [0.25, 0.3) is 0 Å². The molecule has 2 amide bonds. The van der Waals surface area contributed by atoms with Crippen molar-refractivity contribution >= 4 is 17.5 Å². The first kappa shape index (κ1) is 14.7. The van der Waals surface area contributed by atoms with Crippen molar-refractivity contribution in [2.75, 3.05) is 5.32 Å². The maximum Gasteiger partial charge on any atom is 0.251 e. The number of aromatic nitrogens is 1. The molecule has 0 saturated carbocycles. The van der Waals surface area contributed by atoms with E-state index in [9.17, 15) is 9.59 Å². The van der Waals surface area contributed by atoms with E-state index in [1.165, 1.54) is 6.92 Å². The van der Waals surface area contributed by atoms with Gasteiger partial charge in [-0.25, -0.2) is 0 Å². The van der Waals surface area contributed by atoms with Gasteiger partial charge in [-0.2, -0.15) is 0 Å². The first-order valence-electron chi connectivity index (χ1n) is 6.64. The number of hydrogen-bond acceptors (Lipinski definition) is 3. The first-order valence-corrected chi connectivity index (χ1v) is 6.64. The van der Waals surface area contributed by atoms with Crippen molar-refractivity contribution in [3.63, 3.8) is 0 Å². The molecule has 0 spiro atoms. The predicted octanol–water partition coefficient (Wildman–Crippen LogP) is 2.53. The maximum absolute atomic E-state index is 12.1. The van der Waals surface area contributed by atoms with Gasteiger partial charge >= 0.3 is 0 Å². The second kappa shape index (κ2) is 6.65. The molecule has 0 bridgehead atoms. The summed E-state index contributed by atoms with van der Waals surface area (Å²) in [5, 5.41) is 5.58. The number of amides is 2. The zero-order valence-electron chi connectivity index (χ0n) is 12.0. The Morgan fingerprint density at radius 1 is 1.05 bits per heavy atom. The van der Waals surface area contributed by atoms with Crippen molar-refractivity contribution in [2.24, 2.45) is 0 Å². The van der Waals surface area contributed by atoms with Crippen LogP contribution in [0.15, 0.2) is 48.8 Å². The highest BCUT2D eigenvalue weighted by Crippen LogP contribution is 2.13. The van der Waals surface area contributed by atoms with E-state index in [1.54, 1.807) is 36.7 Å². The largest absolute Gasteiger partial charge is 0.346 e. The van der Waals surface area contributed by atoms with Crippen LogP contribution in [0.2, 0.25) is 0 Å². The number of rotatable bonds is 4. The van der Waals surface area contributed by atoms with Crippen molar-refractivity contribution in [1.82, 2.24) is 10.3 Å². The lowest BCUT2D eigenvalue weighted by Crippen LogP contribution is -2.26. The third-order valence-corrected chi connectivity index (χ3v) is 3.02. The summed E-state index contributed by atoms with van der Waals surface area (Å²) >= 11 is 0. The normalized spacial score (nSPS) is 11.5. The molecule has 0 radical (unpaired) electrons. The number of carbonyl (C=O) groups excluding carboxylic acids is 2. The van der Waals surface area contributed by atoms with Crippen molar-refractivity contribution in [2.45, 2.75) is 19.9 Å². The Bertz CT molecular complexity index is 624. The summed E-state index contributed by atoms with van der Waals surface area (Å²) in [6.07, 6.45) is 3.39. The van der Waals surface area contributed by atoms with Crippen molar-refractivity contribution in [1.29, 1.82) is 0 Å². The van der Waals surface area contributed by atoms with E-state index in [2.05, 4.69) is 15.6 Å². The lowest BCUT2D eigenvalue weighted by atomic mass is 10.1. The Kier molecular flexibility index (Phi) is 4.66. The van der Waals surface area contributed by atoms with Gasteiger partial charge in [-0.3, -0.25) is 14.6 Å². The third kappa shape index (κ3) is 4.14. The molecule has 1 aromatic heterocycles. The van der Waals surface area contributed by atoms with E-state index in [0.717, 1.165) is 5.56 Å². The van der Waals surface area contributed by atoms with Crippen LogP contribution in [0.3, 0.4) is 0 Å². The monoisotopic (exact) mass is 283 g/mol. The fourth-order valence-electron chi connectivity index (χ4n) is 1.92. The van der Waals surface area contributed by atoms with Crippen LogP contribution in [0.1, 0.15) is 35.8 Å². The van der Waals surface area contributed by atoms with Gasteiger partial charge in [-0.15, -0.1) is 0 Å². The summed E-state index contributed by atoms with van der Waals surface area (Å²) in [4.78, 5) is 27.0. The molecule has 1 heterocycles. The maximum atomic E-state index is 12.1. The van der Waals surface area contributed by atoms with Gasteiger partial charge in [0.05, 0.1) is 6.04 Å². The Morgan fingerprint density at radius 3 is 2.24 bits per heavy atom. The first-order chi connectivity index (χ1) is 10.1. The van der Waals surface area contributed by atoms with E-state index in [4.69, 9.17) is 0 Å². The molecule has 2 N–H and O–H groups in total. The van der Waals surface area contributed by atoms with E-state index in [1.807, 2.05) is 19.1 Å². The van der Waals surface area contributed by atoms with E-state index < -0.39 is 0 Å². The van der Waals surface area contributed by atoms with Gasteiger partial charge in [0.15, 0.2) is 0 Å². The van der Waals surface area contributed by atoms with Crippen molar-refractivity contribution in [3.05, 3.63) is 59.9 Å². The average molecular weight is 283 g/mol. The second-order valence-corrected chi connectivity index (χ2v) is 4.73. The van der Waals surface area contributed by atoms with Crippen LogP contribution in [0, 0.1) is 0 Å². The number of nitrogens with zero attached hydrogens (tertiary/aromatic N) is 1. The molecular formula is C16H17N3O2. The predicted molar refractivity (Wildman–Crippen MR) is 80.9 cm³/mol. The number of carbonyl (C=O) groups is 2. The molecule has 21 heavy (non-hydrogen) atoms. The summed E-state index contributed by atoms with van der Waals surface area (Å²) in [6.45, 7) is 3.36. The molecule has 108 valence electrons. The number of nitrogens with one attached hydrogen (secondary N) is 2. The molecule has 0 aliphatic carbocycles. The highest BCUT2D eigenvalue weighted by molar-refractivity contribution is 5.95. The van der Waals surface area contributed by atoms with E-state index >= 15 is 0 Å². The van der Waals surface area contributed by atoms with Crippen LogP contribution >= 0.6 is 0 Å².